The van der Waals surface area contributed by atoms with Crippen LogP contribution >= 0.6 is 0 Å². The second-order valence-electron chi connectivity index (χ2n) is 7.37. The molecule has 0 fully saturated rings. The van der Waals surface area contributed by atoms with E-state index in [1.807, 2.05) is 13.0 Å². The van der Waals surface area contributed by atoms with Gasteiger partial charge in [0, 0.05) is 35.6 Å². The number of amides is 2. The van der Waals surface area contributed by atoms with Gasteiger partial charge in [-0.15, -0.1) is 0 Å². The third kappa shape index (κ3) is 5.45. The predicted molar refractivity (Wildman–Crippen MR) is 120 cm³/mol. The number of anilines is 3. The molecule has 3 aromatic rings. The molecule has 0 saturated carbocycles. The zero-order valence-electron chi connectivity index (χ0n) is 17.6. The van der Waals surface area contributed by atoms with Crippen LogP contribution in [0.3, 0.4) is 0 Å². The number of benzene rings is 1. The summed E-state index contributed by atoms with van der Waals surface area (Å²) in [6, 6.07) is 8.58. The van der Waals surface area contributed by atoms with Crippen molar-refractivity contribution in [2.75, 3.05) is 10.6 Å². The van der Waals surface area contributed by atoms with E-state index < -0.39 is 17.4 Å². The molecule has 2 atom stereocenters. The van der Waals surface area contributed by atoms with Crippen molar-refractivity contribution in [3.63, 3.8) is 0 Å². The zero-order valence-corrected chi connectivity index (χ0v) is 17.6. The quantitative estimate of drug-likeness (QED) is 0.333. The number of nitrogens with zero attached hydrogens (tertiary/aromatic N) is 3. The van der Waals surface area contributed by atoms with E-state index in [9.17, 15) is 14.4 Å². The fourth-order valence-corrected chi connectivity index (χ4v) is 3.12. The van der Waals surface area contributed by atoms with Gasteiger partial charge in [-0.3, -0.25) is 19.4 Å². The van der Waals surface area contributed by atoms with Crippen molar-refractivity contribution >= 4 is 29.3 Å². The first-order valence-corrected chi connectivity index (χ1v) is 9.89. The number of nitrogens with two attached hydrogens (primary N) is 2. The second kappa shape index (κ2) is 9.69. The number of aromatic nitrogens is 4. The average Bonchev–Trinajstić information content (AvgIpc) is 2.73. The minimum absolute atomic E-state index is 0.00923. The summed E-state index contributed by atoms with van der Waals surface area (Å²) in [5.74, 6) is -1.08. The molecule has 0 saturated heterocycles. The van der Waals surface area contributed by atoms with Gasteiger partial charge in [-0.2, -0.15) is 4.98 Å². The molecule has 11 heteroatoms. The number of nitrogens with one attached hydrogen (secondary N) is 3. The molecule has 11 nitrogen and oxygen atoms in total. The first kappa shape index (κ1) is 22.4. The molecule has 0 bridgehead atoms. The molecule has 0 spiro atoms. The SMILES string of the molecule is CC(CC(C)C(N)=O)Nc1nc(Nc2cccc(-c3ncccn3)c2)c(C(N)=O)c(=O)[nH]1. The van der Waals surface area contributed by atoms with Crippen LogP contribution in [0.5, 0.6) is 0 Å². The Morgan fingerprint density at radius 2 is 1.84 bits per heavy atom. The van der Waals surface area contributed by atoms with Crippen molar-refractivity contribution in [1.82, 2.24) is 19.9 Å². The van der Waals surface area contributed by atoms with Gasteiger partial charge in [0.05, 0.1) is 0 Å². The van der Waals surface area contributed by atoms with Crippen LogP contribution in [-0.4, -0.2) is 37.8 Å². The van der Waals surface area contributed by atoms with E-state index >= 15 is 0 Å². The fourth-order valence-electron chi connectivity index (χ4n) is 3.12. The maximum atomic E-state index is 12.5. The minimum Gasteiger partial charge on any atom is -0.369 e. The van der Waals surface area contributed by atoms with Gasteiger partial charge in [0.1, 0.15) is 5.56 Å². The lowest BCUT2D eigenvalue weighted by molar-refractivity contribution is -0.121. The van der Waals surface area contributed by atoms with Gasteiger partial charge in [0.15, 0.2) is 11.6 Å². The molecule has 0 aliphatic carbocycles. The highest BCUT2D eigenvalue weighted by Crippen LogP contribution is 2.23. The number of carbonyl (C=O) groups is 2. The molecule has 0 radical (unpaired) electrons. The minimum atomic E-state index is -0.925. The number of hydrogen-bond donors (Lipinski definition) is 5. The molecular weight excluding hydrogens is 412 g/mol. The Labute approximate surface area is 183 Å². The van der Waals surface area contributed by atoms with E-state index in [4.69, 9.17) is 11.5 Å². The van der Waals surface area contributed by atoms with Gasteiger partial charge in [-0.05, 0) is 31.5 Å². The second-order valence-corrected chi connectivity index (χ2v) is 7.37. The van der Waals surface area contributed by atoms with Crippen LogP contribution < -0.4 is 27.7 Å². The van der Waals surface area contributed by atoms with Gasteiger partial charge in [-0.25, -0.2) is 9.97 Å². The summed E-state index contributed by atoms with van der Waals surface area (Å²) < 4.78 is 0. The van der Waals surface area contributed by atoms with E-state index in [1.54, 1.807) is 43.6 Å². The summed E-state index contributed by atoms with van der Waals surface area (Å²) in [5.41, 5.74) is 11.0. The summed E-state index contributed by atoms with van der Waals surface area (Å²) in [6.07, 6.45) is 3.69. The number of carbonyl (C=O) groups excluding carboxylic acids is 2. The van der Waals surface area contributed by atoms with Crippen LogP contribution in [0.1, 0.15) is 30.6 Å². The normalized spacial score (nSPS) is 12.6. The van der Waals surface area contributed by atoms with Crippen molar-refractivity contribution in [3.8, 4) is 11.4 Å². The Morgan fingerprint density at radius 1 is 1.12 bits per heavy atom. The number of hydrogen-bond acceptors (Lipinski definition) is 8. The Bertz CT molecular complexity index is 1180. The van der Waals surface area contributed by atoms with Crippen molar-refractivity contribution in [2.24, 2.45) is 17.4 Å². The third-order valence-electron chi connectivity index (χ3n) is 4.69. The van der Waals surface area contributed by atoms with Crippen LogP contribution in [-0.2, 0) is 4.79 Å². The van der Waals surface area contributed by atoms with Crippen molar-refractivity contribution < 1.29 is 9.59 Å². The Morgan fingerprint density at radius 3 is 2.50 bits per heavy atom. The standard InChI is InChI=1S/C21H24N8O3/c1-11(16(22)30)9-12(2)26-21-28-19(15(17(23)31)20(32)29-21)27-14-6-3-5-13(10-14)18-24-7-4-8-25-18/h3-8,10-12H,9H2,1-2H3,(H2,22,30)(H2,23,31)(H3,26,27,28,29,32). The van der Waals surface area contributed by atoms with Gasteiger partial charge < -0.3 is 22.1 Å². The van der Waals surface area contributed by atoms with E-state index in [1.165, 1.54) is 0 Å². The lowest BCUT2D eigenvalue weighted by Gasteiger charge is -2.18. The fraction of sp³-hybridized carbons (Fsp3) is 0.238. The topological polar surface area (TPSA) is 182 Å². The lowest BCUT2D eigenvalue weighted by atomic mass is 10.0. The first-order chi connectivity index (χ1) is 15.2. The summed E-state index contributed by atoms with van der Waals surface area (Å²) >= 11 is 0. The molecule has 166 valence electrons. The molecular formula is C21H24N8O3. The summed E-state index contributed by atoms with van der Waals surface area (Å²) in [6.45, 7) is 3.53. The number of H-pyrrole nitrogens is 1. The van der Waals surface area contributed by atoms with E-state index in [0.717, 1.165) is 5.56 Å². The van der Waals surface area contributed by atoms with Gasteiger partial charge in [0.25, 0.3) is 11.5 Å². The van der Waals surface area contributed by atoms with E-state index in [2.05, 4.69) is 30.6 Å². The highest BCUT2D eigenvalue weighted by Gasteiger charge is 2.19. The molecule has 1 aromatic carbocycles. The van der Waals surface area contributed by atoms with Gasteiger partial charge >= 0.3 is 0 Å². The Hall–Kier alpha value is -4.28. The molecule has 2 amide bonds. The average molecular weight is 436 g/mol. The lowest BCUT2D eigenvalue weighted by Crippen LogP contribution is -2.30. The molecule has 7 N–H and O–H groups in total. The Balaban J connectivity index is 1.91. The van der Waals surface area contributed by atoms with Crippen LogP contribution in [0.15, 0.2) is 47.5 Å². The van der Waals surface area contributed by atoms with E-state index in [-0.39, 0.29) is 29.3 Å². The number of aromatic amines is 1. The third-order valence-corrected chi connectivity index (χ3v) is 4.69. The molecule has 0 aliphatic rings. The number of primary amides is 2. The maximum absolute atomic E-state index is 12.5. The zero-order chi connectivity index (χ0) is 23.3. The summed E-state index contributed by atoms with van der Waals surface area (Å²) in [7, 11) is 0. The molecule has 3 rings (SSSR count). The van der Waals surface area contributed by atoms with Crippen LogP contribution in [0.25, 0.3) is 11.4 Å². The Kier molecular flexibility index (Phi) is 6.78. The van der Waals surface area contributed by atoms with Crippen LogP contribution in [0, 0.1) is 5.92 Å². The van der Waals surface area contributed by atoms with Crippen molar-refractivity contribution in [1.29, 1.82) is 0 Å². The molecule has 0 aliphatic heterocycles. The molecule has 2 aromatic heterocycles. The largest absolute Gasteiger partial charge is 0.369 e. The van der Waals surface area contributed by atoms with E-state index in [0.29, 0.717) is 17.9 Å². The van der Waals surface area contributed by atoms with Crippen LogP contribution in [0.2, 0.25) is 0 Å². The van der Waals surface area contributed by atoms with Gasteiger partial charge in [-0.1, -0.05) is 19.1 Å². The monoisotopic (exact) mass is 436 g/mol. The first-order valence-electron chi connectivity index (χ1n) is 9.89. The highest BCUT2D eigenvalue weighted by molar-refractivity contribution is 5.98. The molecule has 32 heavy (non-hydrogen) atoms. The predicted octanol–water partition coefficient (Wildman–Crippen LogP) is 1.38. The molecule has 2 unspecified atom stereocenters. The smallest absolute Gasteiger partial charge is 0.267 e. The van der Waals surface area contributed by atoms with Gasteiger partial charge in [0.2, 0.25) is 11.9 Å². The van der Waals surface area contributed by atoms with Crippen molar-refractivity contribution in [3.05, 3.63) is 58.6 Å². The summed E-state index contributed by atoms with van der Waals surface area (Å²) in [5, 5.41) is 5.99. The van der Waals surface area contributed by atoms with Crippen molar-refractivity contribution in [2.45, 2.75) is 26.3 Å². The highest BCUT2D eigenvalue weighted by atomic mass is 16.2. The number of rotatable bonds is 9. The maximum Gasteiger partial charge on any atom is 0.267 e. The van der Waals surface area contributed by atoms with Crippen LogP contribution in [0.4, 0.5) is 17.5 Å². The summed E-state index contributed by atoms with van der Waals surface area (Å²) in [4.78, 5) is 51.0. The molecule has 2 heterocycles.